The van der Waals surface area contributed by atoms with Gasteiger partial charge in [-0.1, -0.05) is 18.2 Å². The highest BCUT2D eigenvalue weighted by Crippen LogP contribution is 2.42. The van der Waals surface area contributed by atoms with Gasteiger partial charge < -0.3 is 5.11 Å². The number of likely N-dealkylation sites (tertiary alicyclic amines) is 1. The van der Waals surface area contributed by atoms with E-state index in [0.29, 0.717) is 45.1 Å². The van der Waals surface area contributed by atoms with E-state index in [0.717, 1.165) is 0 Å². The number of aryl methyl sites for hydroxylation is 1. The Morgan fingerprint density at radius 2 is 1.78 bits per heavy atom. The molecule has 3 fully saturated rings. The van der Waals surface area contributed by atoms with Gasteiger partial charge in [0.25, 0.3) is 11.8 Å². The van der Waals surface area contributed by atoms with Crippen molar-refractivity contribution in [3.8, 4) is 16.9 Å². The van der Waals surface area contributed by atoms with Crippen LogP contribution in [0.2, 0.25) is 0 Å². The number of anilines is 1. The number of nitrogens with zero attached hydrogens (tertiary/aromatic N) is 6. The lowest BCUT2D eigenvalue weighted by Crippen LogP contribution is -2.48. The molecule has 0 radical (unpaired) electrons. The Bertz CT molecular complexity index is 2580. The van der Waals surface area contributed by atoms with E-state index in [-0.39, 0.29) is 36.6 Å². The minimum absolute atomic E-state index is 0.0208. The summed E-state index contributed by atoms with van der Waals surface area (Å²) in [6, 6.07) is 9.69. The molecule has 3 aromatic carbocycles. The van der Waals surface area contributed by atoms with Crippen LogP contribution in [0.4, 0.5) is 18.9 Å². The molecule has 3 aliphatic rings. The van der Waals surface area contributed by atoms with Gasteiger partial charge in [-0.2, -0.15) is 13.5 Å². The lowest BCUT2D eigenvalue weighted by atomic mass is 9.86. The molecule has 5 heterocycles. The van der Waals surface area contributed by atoms with Gasteiger partial charge in [0.05, 0.1) is 36.2 Å². The van der Waals surface area contributed by atoms with Crippen LogP contribution in [0.5, 0.6) is 5.75 Å². The zero-order valence-electron chi connectivity index (χ0n) is 28.6. The summed E-state index contributed by atoms with van der Waals surface area (Å²) in [7, 11) is -2.83. The summed E-state index contributed by atoms with van der Waals surface area (Å²) in [6.07, 6.45) is 3.69. The van der Waals surface area contributed by atoms with E-state index in [9.17, 15) is 32.7 Å². The molecule has 2 aromatic heterocycles. The number of nitrogens with one attached hydrogen (secondary N) is 2. The minimum atomic E-state index is -4.35. The van der Waals surface area contributed by atoms with E-state index in [4.69, 9.17) is 0 Å². The summed E-state index contributed by atoms with van der Waals surface area (Å²) in [4.78, 5) is 50.6. The van der Waals surface area contributed by atoms with Crippen molar-refractivity contribution in [1.82, 2.24) is 33.9 Å². The SMILES string of the molecule is Cn1c(=O)n(C2CCC(=O)NC2=O)c2ccc(C3CCN(CCn4cc(-c5ccc6c(F)c(N7CC(=O)NS7(=O)=O)c(O)cc6c5)cn4)CC3(F)F)cc21. The number of imidazole rings is 1. The van der Waals surface area contributed by atoms with E-state index in [2.05, 4.69) is 10.4 Å². The minimum Gasteiger partial charge on any atom is -0.506 e. The highest BCUT2D eigenvalue weighted by atomic mass is 32.2. The van der Waals surface area contributed by atoms with Crippen molar-refractivity contribution >= 4 is 55.4 Å². The number of benzene rings is 3. The monoisotopic (exact) mass is 766 g/mol. The maximum Gasteiger partial charge on any atom is 0.329 e. The van der Waals surface area contributed by atoms with Gasteiger partial charge in [0.2, 0.25) is 11.8 Å². The zero-order valence-corrected chi connectivity index (χ0v) is 29.4. The number of hydrogen-bond acceptors (Lipinski definition) is 9. The van der Waals surface area contributed by atoms with Crippen LogP contribution >= 0.6 is 0 Å². The zero-order chi connectivity index (χ0) is 38.3. The number of rotatable bonds is 7. The Hall–Kier alpha value is -5.69. The summed E-state index contributed by atoms with van der Waals surface area (Å²) in [5, 5.41) is 17.5. The number of aromatic hydroxyl groups is 1. The van der Waals surface area contributed by atoms with Gasteiger partial charge in [-0.25, -0.2) is 27.0 Å². The van der Waals surface area contributed by atoms with Gasteiger partial charge in [-0.05, 0) is 60.2 Å². The van der Waals surface area contributed by atoms with Crippen LogP contribution < -0.4 is 20.0 Å². The molecule has 3 aliphatic heterocycles. The maximum atomic E-state index is 15.8. The van der Waals surface area contributed by atoms with E-state index < -0.39 is 81.8 Å². The molecule has 282 valence electrons. The first kappa shape index (κ1) is 35.3. The fourth-order valence-corrected chi connectivity index (χ4v) is 8.88. The van der Waals surface area contributed by atoms with Crippen LogP contribution in [0.15, 0.2) is 59.7 Å². The molecular weight excluding hydrogens is 733 g/mol. The Morgan fingerprint density at radius 1 is 0.981 bits per heavy atom. The van der Waals surface area contributed by atoms with E-state index in [1.165, 1.54) is 28.3 Å². The number of fused-ring (bicyclic) bond motifs is 2. The van der Waals surface area contributed by atoms with E-state index in [1.807, 2.05) is 0 Å². The van der Waals surface area contributed by atoms with Gasteiger partial charge in [0.1, 0.15) is 24.0 Å². The molecule has 15 nitrogen and oxygen atoms in total. The van der Waals surface area contributed by atoms with Crippen LogP contribution in [0.1, 0.15) is 36.8 Å². The van der Waals surface area contributed by atoms with Gasteiger partial charge in [0.15, 0.2) is 5.82 Å². The molecule has 2 unspecified atom stereocenters. The van der Waals surface area contributed by atoms with Crippen molar-refractivity contribution in [3.05, 3.63) is 76.7 Å². The largest absolute Gasteiger partial charge is 0.506 e. The lowest BCUT2D eigenvalue weighted by molar-refractivity contribution is -0.135. The first-order chi connectivity index (χ1) is 25.6. The standard InChI is InChI=1S/C35H33F3N8O7S/c1-42-27-13-20(3-5-25(27)46(34(42)51)26-6-7-29(48)40-33(26)50)24-8-9-43(18-35(24,37)38)10-11-44-16-22(15-39-44)19-2-4-23-21(12-19)14-28(47)32(31(23)36)45-17-30(49)41-54(45,52)53/h2-5,12-16,24,26,47H,6-11,17-18H2,1H3,(H,41,49)(H,40,48,50). The van der Waals surface area contributed by atoms with Gasteiger partial charge in [0, 0.05) is 37.2 Å². The van der Waals surface area contributed by atoms with Gasteiger partial charge in [-0.15, -0.1) is 0 Å². The number of phenols is 1. The highest BCUT2D eigenvalue weighted by molar-refractivity contribution is 7.92. The Morgan fingerprint density at radius 3 is 2.50 bits per heavy atom. The third-order valence-electron chi connectivity index (χ3n) is 10.4. The van der Waals surface area contributed by atoms with Crippen molar-refractivity contribution in [2.24, 2.45) is 7.05 Å². The van der Waals surface area contributed by atoms with Crippen LogP contribution in [0.3, 0.4) is 0 Å². The van der Waals surface area contributed by atoms with Crippen molar-refractivity contribution in [3.63, 3.8) is 0 Å². The normalized spacial score (nSPS) is 21.6. The molecule has 2 atom stereocenters. The summed E-state index contributed by atoms with van der Waals surface area (Å²) >= 11 is 0. The number of imide groups is 1. The third-order valence-corrected chi connectivity index (χ3v) is 11.8. The predicted octanol–water partition coefficient (Wildman–Crippen LogP) is 2.48. The second kappa shape index (κ2) is 12.7. The number of piperidine rings is 2. The number of alkyl halides is 2. The molecule has 0 saturated carbocycles. The number of phenolic OH excluding ortho intramolecular Hbond substituents is 1. The Kier molecular flexibility index (Phi) is 8.33. The molecule has 0 bridgehead atoms. The van der Waals surface area contributed by atoms with Crippen molar-refractivity contribution in [2.75, 3.05) is 30.5 Å². The second-order valence-electron chi connectivity index (χ2n) is 13.8. The summed E-state index contributed by atoms with van der Waals surface area (Å²) in [6.45, 7) is -0.207. The predicted molar refractivity (Wildman–Crippen MR) is 189 cm³/mol. The van der Waals surface area contributed by atoms with Crippen molar-refractivity contribution < 1.29 is 41.1 Å². The number of carbonyl (C=O) groups is 3. The number of carbonyl (C=O) groups excluding carboxylic acids is 3. The fourth-order valence-electron chi connectivity index (χ4n) is 7.72. The molecule has 54 heavy (non-hydrogen) atoms. The van der Waals surface area contributed by atoms with Crippen LogP contribution in [0.25, 0.3) is 32.9 Å². The topological polar surface area (TPSA) is 181 Å². The van der Waals surface area contributed by atoms with E-state index >= 15 is 13.2 Å². The third kappa shape index (κ3) is 5.96. The molecule has 5 aromatic rings. The smallest absolute Gasteiger partial charge is 0.329 e. The Labute approximate surface area is 304 Å². The van der Waals surface area contributed by atoms with Crippen LogP contribution in [-0.2, 0) is 38.2 Å². The molecule has 3 saturated heterocycles. The average Bonchev–Trinajstić information content (AvgIpc) is 3.76. The molecule has 8 rings (SSSR count). The van der Waals surface area contributed by atoms with E-state index in [1.54, 1.807) is 57.0 Å². The maximum absolute atomic E-state index is 15.8. The molecule has 3 N–H and O–H groups in total. The van der Waals surface area contributed by atoms with Gasteiger partial charge >= 0.3 is 15.9 Å². The molecule has 0 aliphatic carbocycles. The Balaban J connectivity index is 0.943. The van der Waals surface area contributed by atoms with Crippen molar-refractivity contribution in [1.29, 1.82) is 0 Å². The van der Waals surface area contributed by atoms with Gasteiger partial charge in [-0.3, -0.25) is 38.4 Å². The summed E-state index contributed by atoms with van der Waals surface area (Å²) in [5.74, 6) is -7.71. The second-order valence-corrected chi connectivity index (χ2v) is 15.4. The number of hydrogen-bond donors (Lipinski definition) is 3. The number of aromatic nitrogens is 4. The number of amides is 3. The highest BCUT2D eigenvalue weighted by Gasteiger charge is 2.45. The fraction of sp³-hybridized carbons (Fsp3) is 0.343. The molecular formula is C35H33F3N8O7S. The van der Waals surface area contributed by atoms with Crippen LogP contribution in [-0.4, -0.2) is 87.2 Å². The van der Waals surface area contributed by atoms with Crippen molar-refractivity contribution in [2.45, 2.75) is 43.7 Å². The molecule has 3 amide bonds. The first-order valence-corrected chi connectivity index (χ1v) is 18.5. The average molecular weight is 767 g/mol. The molecule has 19 heteroatoms. The summed E-state index contributed by atoms with van der Waals surface area (Å²) in [5.41, 5.74) is 1.37. The summed E-state index contributed by atoms with van der Waals surface area (Å²) < 4.78 is 78.0. The van der Waals surface area contributed by atoms with Crippen LogP contribution in [0, 0.1) is 5.82 Å². The first-order valence-electron chi connectivity index (χ1n) is 17.1. The molecule has 0 spiro atoms. The lowest BCUT2D eigenvalue weighted by Gasteiger charge is -2.38. The quantitative estimate of drug-likeness (QED) is 0.210. The number of halogens is 3.